The smallest absolute Gasteiger partial charge is 0.344 e. The van der Waals surface area contributed by atoms with Gasteiger partial charge in [-0.15, -0.1) is 0 Å². The van der Waals surface area contributed by atoms with E-state index in [-0.39, 0.29) is 5.75 Å². The molecule has 0 spiro atoms. The Bertz CT molecular complexity index is 856. The van der Waals surface area contributed by atoms with Crippen molar-refractivity contribution in [2.45, 2.75) is 0 Å². The molecule has 0 radical (unpaired) electrons. The molecular weight excluding hydrogens is 327 g/mol. The van der Waals surface area contributed by atoms with E-state index < -0.39 is 12.1 Å². The van der Waals surface area contributed by atoms with E-state index in [1.807, 2.05) is 54.6 Å². The van der Waals surface area contributed by atoms with Crippen molar-refractivity contribution in [2.75, 3.05) is 5.32 Å². The average molecular weight is 341 g/mol. The lowest BCUT2D eigenvalue weighted by atomic mass is 10.1. The minimum absolute atomic E-state index is 0.0106. The van der Waals surface area contributed by atoms with Crippen molar-refractivity contribution in [2.24, 2.45) is 0 Å². The third kappa shape index (κ3) is 4.41. The molecule has 0 atom stereocenters. The topological polar surface area (TPSA) is 21.3 Å². The van der Waals surface area contributed by atoms with E-state index in [1.165, 1.54) is 12.1 Å². The molecule has 0 saturated carbocycles. The van der Waals surface area contributed by atoms with Crippen LogP contribution >= 0.6 is 0 Å². The van der Waals surface area contributed by atoms with Gasteiger partial charge in [-0.1, -0.05) is 42.5 Å². The Kier molecular flexibility index (Phi) is 5.04. The summed E-state index contributed by atoms with van der Waals surface area (Å²) in [5.74, 6) is 0.0106. The highest BCUT2D eigenvalue weighted by molar-refractivity contribution is 5.68. The second kappa shape index (κ2) is 7.57. The first-order chi connectivity index (χ1) is 12.1. The molecule has 0 bridgehead atoms. The fourth-order valence-electron chi connectivity index (χ4n) is 2.29. The van der Waals surface area contributed by atoms with Gasteiger partial charge in [-0.05, 0) is 47.5 Å². The number of hydrogen-bond acceptors (Lipinski definition) is 2. The molecule has 3 rings (SSSR count). The lowest BCUT2D eigenvalue weighted by Crippen LogP contribution is -1.91. The van der Waals surface area contributed by atoms with Crippen LogP contribution in [0.3, 0.4) is 0 Å². The monoisotopic (exact) mass is 341 g/mol. The van der Waals surface area contributed by atoms with Crippen LogP contribution < -0.4 is 10.1 Å². The molecule has 3 aromatic carbocycles. The summed E-state index contributed by atoms with van der Waals surface area (Å²) in [5, 5.41) is 3.29. The quantitative estimate of drug-likeness (QED) is 0.534. The van der Waals surface area contributed by atoms with Crippen LogP contribution in [-0.2, 0) is 0 Å². The molecule has 2 nitrogen and oxygen atoms in total. The van der Waals surface area contributed by atoms with E-state index in [9.17, 15) is 13.2 Å². The summed E-state index contributed by atoms with van der Waals surface area (Å²) in [5.41, 5.74) is 3.74. The Hall–Kier alpha value is -3.21. The molecule has 1 N–H and O–H groups in total. The maximum absolute atomic E-state index is 12.8. The molecule has 0 aromatic heterocycles. The molecule has 0 amide bonds. The zero-order chi connectivity index (χ0) is 17.6. The Labute approximate surface area is 143 Å². The Morgan fingerprint density at radius 3 is 1.72 bits per heavy atom. The highest BCUT2D eigenvalue weighted by atomic mass is 19.3. The van der Waals surface area contributed by atoms with Crippen molar-refractivity contribution in [3.63, 3.8) is 0 Å². The van der Waals surface area contributed by atoms with Crippen molar-refractivity contribution in [1.29, 1.82) is 0 Å². The summed E-state index contributed by atoms with van der Waals surface area (Å²) < 4.78 is 41.2. The molecule has 0 aliphatic rings. The fraction of sp³-hybridized carbons (Fsp3) is 0. The molecule has 3 aromatic rings. The number of hydrogen-bond donors (Lipinski definition) is 1. The van der Waals surface area contributed by atoms with Gasteiger partial charge in [0.05, 0.1) is 0 Å². The van der Waals surface area contributed by atoms with Crippen LogP contribution in [0.25, 0.3) is 11.1 Å². The van der Waals surface area contributed by atoms with Gasteiger partial charge in [0.1, 0.15) is 5.75 Å². The van der Waals surface area contributed by atoms with E-state index in [0.29, 0.717) is 0 Å². The lowest BCUT2D eigenvalue weighted by molar-refractivity contribution is 0.241. The van der Waals surface area contributed by atoms with Crippen LogP contribution in [-0.4, -0.2) is 0 Å². The first kappa shape index (κ1) is 16.6. The minimum Gasteiger partial charge on any atom is -0.428 e. The van der Waals surface area contributed by atoms with E-state index >= 15 is 0 Å². The summed E-state index contributed by atoms with van der Waals surface area (Å²) >= 11 is 0. The second-order valence-corrected chi connectivity index (χ2v) is 5.23. The Morgan fingerprint density at radius 2 is 1.16 bits per heavy atom. The van der Waals surface area contributed by atoms with Gasteiger partial charge >= 0.3 is 12.1 Å². The maximum atomic E-state index is 12.8. The molecule has 0 saturated heterocycles. The molecule has 0 heterocycles. The SMILES string of the molecule is FC(F)=C(F)Oc1ccc(-c2ccc(Nc3ccccc3)cc2)cc1. The van der Waals surface area contributed by atoms with E-state index in [4.69, 9.17) is 0 Å². The number of nitrogens with one attached hydrogen (secondary N) is 1. The molecule has 0 aliphatic heterocycles. The summed E-state index contributed by atoms with van der Waals surface area (Å²) in [7, 11) is 0. The van der Waals surface area contributed by atoms with Gasteiger partial charge in [0.15, 0.2) is 0 Å². The second-order valence-electron chi connectivity index (χ2n) is 5.23. The van der Waals surface area contributed by atoms with Gasteiger partial charge in [-0.2, -0.15) is 13.2 Å². The molecule has 0 unspecified atom stereocenters. The van der Waals surface area contributed by atoms with Crippen molar-refractivity contribution in [3.05, 3.63) is 91.0 Å². The Balaban J connectivity index is 1.71. The summed E-state index contributed by atoms with van der Waals surface area (Å²) in [6, 6.07) is 21.9. The molecule has 0 aliphatic carbocycles. The first-order valence-corrected chi connectivity index (χ1v) is 7.53. The molecule has 25 heavy (non-hydrogen) atoms. The third-order valence-corrected chi connectivity index (χ3v) is 3.49. The molecule has 0 fully saturated rings. The average Bonchev–Trinajstić information content (AvgIpc) is 2.64. The predicted octanol–water partition coefficient (Wildman–Crippen LogP) is 6.51. The van der Waals surface area contributed by atoms with Crippen molar-refractivity contribution >= 4 is 11.4 Å². The molecule has 126 valence electrons. The minimum atomic E-state index is -2.48. The summed E-state index contributed by atoms with van der Waals surface area (Å²) in [4.78, 5) is 0. The van der Waals surface area contributed by atoms with Crippen LogP contribution in [0.1, 0.15) is 0 Å². The van der Waals surface area contributed by atoms with Crippen molar-refractivity contribution in [1.82, 2.24) is 0 Å². The van der Waals surface area contributed by atoms with Crippen LogP contribution in [0.4, 0.5) is 24.5 Å². The van der Waals surface area contributed by atoms with Gasteiger partial charge in [0, 0.05) is 11.4 Å². The summed E-state index contributed by atoms with van der Waals surface area (Å²) in [6.07, 6.45) is -2.48. The summed E-state index contributed by atoms with van der Waals surface area (Å²) in [6.45, 7) is 0. The van der Waals surface area contributed by atoms with Gasteiger partial charge in [-0.3, -0.25) is 0 Å². The van der Waals surface area contributed by atoms with Gasteiger partial charge in [0.2, 0.25) is 0 Å². The van der Waals surface area contributed by atoms with Gasteiger partial charge < -0.3 is 10.1 Å². The fourth-order valence-corrected chi connectivity index (χ4v) is 2.29. The zero-order valence-electron chi connectivity index (χ0n) is 13.0. The van der Waals surface area contributed by atoms with Gasteiger partial charge in [-0.25, -0.2) is 0 Å². The number of rotatable bonds is 5. The highest BCUT2D eigenvalue weighted by Crippen LogP contribution is 2.26. The number of benzene rings is 3. The van der Waals surface area contributed by atoms with Crippen LogP contribution in [0.5, 0.6) is 5.75 Å². The van der Waals surface area contributed by atoms with E-state index in [0.717, 1.165) is 22.5 Å². The molecular formula is C20H14F3NO. The van der Waals surface area contributed by atoms with E-state index in [2.05, 4.69) is 10.1 Å². The third-order valence-electron chi connectivity index (χ3n) is 3.49. The number of para-hydroxylation sites is 1. The van der Waals surface area contributed by atoms with Crippen LogP contribution in [0.2, 0.25) is 0 Å². The maximum Gasteiger partial charge on any atom is 0.344 e. The van der Waals surface area contributed by atoms with Crippen LogP contribution in [0, 0.1) is 0 Å². The van der Waals surface area contributed by atoms with Gasteiger partial charge in [0.25, 0.3) is 0 Å². The highest BCUT2D eigenvalue weighted by Gasteiger charge is 2.08. The normalized spacial score (nSPS) is 10.2. The molecule has 5 heteroatoms. The Morgan fingerprint density at radius 1 is 0.640 bits per heavy atom. The lowest BCUT2D eigenvalue weighted by Gasteiger charge is -2.08. The first-order valence-electron chi connectivity index (χ1n) is 7.53. The zero-order valence-corrected chi connectivity index (χ0v) is 13.0. The number of ether oxygens (including phenoxy) is 1. The number of halogens is 3. The predicted molar refractivity (Wildman–Crippen MR) is 92.6 cm³/mol. The number of anilines is 2. The van der Waals surface area contributed by atoms with Crippen LogP contribution in [0.15, 0.2) is 91.0 Å². The van der Waals surface area contributed by atoms with Crippen molar-refractivity contribution in [3.8, 4) is 16.9 Å². The standard InChI is InChI=1S/C20H14F3NO/c21-19(22)20(23)25-18-12-8-15(9-13-18)14-6-10-17(11-7-14)24-16-4-2-1-3-5-16/h1-13,24H. The van der Waals surface area contributed by atoms with Crippen molar-refractivity contribution < 1.29 is 17.9 Å². The largest absolute Gasteiger partial charge is 0.428 e. The van der Waals surface area contributed by atoms with E-state index in [1.54, 1.807) is 12.1 Å².